The third-order valence-corrected chi connectivity index (χ3v) is 8.75. The maximum atomic E-state index is 8.94. The van der Waals surface area contributed by atoms with Crippen molar-refractivity contribution < 1.29 is 9.59 Å². The molecule has 0 aromatic rings. The van der Waals surface area contributed by atoms with E-state index in [-0.39, 0.29) is 0 Å². The second-order valence-electron chi connectivity index (χ2n) is 12.4. The lowest BCUT2D eigenvalue weighted by Gasteiger charge is -2.40. The van der Waals surface area contributed by atoms with Crippen molar-refractivity contribution in [2.45, 2.75) is 194 Å². The first-order valence-electron chi connectivity index (χ1n) is 17.7. The lowest BCUT2D eigenvalue weighted by molar-refractivity contribution is -0.929. The zero-order valence-corrected chi connectivity index (χ0v) is 26.5. The Labute approximate surface area is 236 Å². The highest BCUT2D eigenvalue weighted by Gasteiger charge is 2.25. The van der Waals surface area contributed by atoms with Gasteiger partial charge in [-0.15, -0.1) is 0 Å². The molecule has 0 saturated carbocycles. The molecule has 0 spiro atoms. The van der Waals surface area contributed by atoms with Gasteiger partial charge in [0.15, 0.2) is 0 Å². The Balaban J connectivity index is 4.69. The van der Waals surface area contributed by atoms with E-state index in [1.54, 1.807) is 0 Å². The molecule has 0 aromatic carbocycles. The molecule has 0 aromatic heterocycles. The van der Waals surface area contributed by atoms with Crippen LogP contribution in [0, 0.1) is 0 Å². The molecule has 0 saturated heterocycles. The summed E-state index contributed by atoms with van der Waals surface area (Å²) in [6.45, 7) is 13.2. The van der Waals surface area contributed by atoms with E-state index in [4.69, 9.17) is 5.11 Å². The lowest BCUT2D eigenvalue weighted by atomic mass is 10.0. The Kier molecular flexibility index (Phi) is 30.4. The molecule has 0 aliphatic carbocycles. The van der Waals surface area contributed by atoms with Gasteiger partial charge in [-0.25, -0.2) is 0 Å². The van der Waals surface area contributed by atoms with Crippen LogP contribution < -0.4 is 0 Å². The summed E-state index contributed by atoms with van der Waals surface area (Å²) in [6, 6.07) is 0. The van der Waals surface area contributed by atoms with Crippen LogP contribution in [0.4, 0.5) is 0 Å². The topological polar surface area (TPSA) is 20.2 Å². The number of aliphatic hydroxyl groups excluding tert-OH is 1. The first-order chi connectivity index (χ1) is 18.2. The monoisotopic (exact) mass is 525 g/mol. The van der Waals surface area contributed by atoms with Crippen LogP contribution in [0.5, 0.6) is 0 Å². The zero-order chi connectivity index (χ0) is 27.1. The summed E-state index contributed by atoms with van der Waals surface area (Å²) in [7, 11) is 0. The smallest absolute Gasteiger partial charge is 0.0786 e. The van der Waals surface area contributed by atoms with E-state index in [1.165, 1.54) is 198 Å². The van der Waals surface area contributed by atoms with Crippen LogP contribution in [0.2, 0.25) is 0 Å². The van der Waals surface area contributed by atoms with E-state index in [2.05, 4.69) is 20.8 Å². The fourth-order valence-electron chi connectivity index (χ4n) is 6.15. The highest BCUT2D eigenvalue weighted by atomic mass is 16.2. The molecule has 0 unspecified atom stereocenters. The quantitative estimate of drug-likeness (QED) is 0.0685. The minimum absolute atomic E-state index is 0.371. The summed E-state index contributed by atoms with van der Waals surface area (Å²) in [5.74, 6) is 0. The molecule has 0 rings (SSSR count). The van der Waals surface area contributed by atoms with Gasteiger partial charge >= 0.3 is 0 Å². The Morgan fingerprint density at radius 1 is 0.297 bits per heavy atom. The highest BCUT2D eigenvalue weighted by Crippen LogP contribution is 2.21. The molecule has 0 atom stereocenters. The van der Waals surface area contributed by atoms with Crippen LogP contribution in [-0.2, 0) is 0 Å². The minimum Gasteiger partial charge on any atom is -0.396 e. The second-order valence-corrected chi connectivity index (χ2v) is 12.4. The molecule has 0 amide bonds. The van der Waals surface area contributed by atoms with Crippen LogP contribution >= 0.6 is 0 Å². The van der Waals surface area contributed by atoms with Gasteiger partial charge in [0.05, 0.1) is 26.2 Å². The average Bonchev–Trinajstić information content (AvgIpc) is 2.91. The van der Waals surface area contributed by atoms with Crippen molar-refractivity contribution >= 4 is 0 Å². The third kappa shape index (κ3) is 25.9. The Hall–Kier alpha value is -0.0800. The molecular formula is C35H74NO+. The van der Waals surface area contributed by atoms with Crippen molar-refractivity contribution in [1.82, 2.24) is 0 Å². The predicted molar refractivity (Wildman–Crippen MR) is 168 cm³/mol. The number of nitrogens with zero attached hydrogens (tertiary/aromatic N) is 1. The van der Waals surface area contributed by atoms with Gasteiger partial charge in [-0.1, -0.05) is 136 Å². The highest BCUT2D eigenvalue weighted by molar-refractivity contribution is 4.55. The van der Waals surface area contributed by atoms with E-state index in [1.807, 2.05) is 0 Å². The SMILES string of the molecule is CCCCCCCC[N+](CCCCCCCC)(CCCCCCCC)CCCCCCCCCCCO. The van der Waals surface area contributed by atoms with Gasteiger partial charge in [0, 0.05) is 6.61 Å². The number of unbranched alkanes of at least 4 members (excludes halogenated alkanes) is 23. The van der Waals surface area contributed by atoms with Crippen molar-refractivity contribution in [3.8, 4) is 0 Å². The number of hydrogen-bond donors (Lipinski definition) is 1. The molecule has 0 fully saturated rings. The van der Waals surface area contributed by atoms with Gasteiger partial charge in [-0.3, -0.25) is 0 Å². The normalized spacial score (nSPS) is 12.0. The second kappa shape index (κ2) is 30.5. The van der Waals surface area contributed by atoms with Crippen molar-refractivity contribution in [3.63, 3.8) is 0 Å². The number of aliphatic hydroxyl groups is 1. The van der Waals surface area contributed by atoms with E-state index >= 15 is 0 Å². The summed E-state index contributed by atoms with van der Waals surface area (Å²) in [5, 5.41) is 8.94. The fourth-order valence-corrected chi connectivity index (χ4v) is 6.15. The molecular weight excluding hydrogens is 450 g/mol. The van der Waals surface area contributed by atoms with Crippen LogP contribution in [0.3, 0.4) is 0 Å². The summed E-state index contributed by atoms with van der Waals surface area (Å²) < 4.78 is 1.45. The van der Waals surface area contributed by atoms with Crippen LogP contribution in [0.25, 0.3) is 0 Å². The van der Waals surface area contributed by atoms with Crippen molar-refractivity contribution in [2.75, 3.05) is 32.8 Å². The fraction of sp³-hybridized carbons (Fsp3) is 1.00. The van der Waals surface area contributed by atoms with E-state index in [0.717, 1.165) is 6.42 Å². The van der Waals surface area contributed by atoms with Crippen molar-refractivity contribution in [3.05, 3.63) is 0 Å². The lowest BCUT2D eigenvalue weighted by Crippen LogP contribution is -2.50. The molecule has 0 bridgehead atoms. The van der Waals surface area contributed by atoms with Gasteiger partial charge in [0.25, 0.3) is 0 Å². The van der Waals surface area contributed by atoms with Gasteiger partial charge in [0.2, 0.25) is 0 Å². The van der Waals surface area contributed by atoms with E-state index < -0.39 is 0 Å². The molecule has 2 nitrogen and oxygen atoms in total. The minimum atomic E-state index is 0.371. The largest absolute Gasteiger partial charge is 0.396 e. The summed E-state index contributed by atoms with van der Waals surface area (Å²) in [6.07, 6.45) is 37.9. The predicted octanol–water partition coefficient (Wildman–Crippen LogP) is 11.4. The van der Waals surface area contributed by atoms with Crippen molar-refractivity contribution in [2.24, 2.45) is 0 Å². The van der Waals surface area contributed by atoms with Gasteiger partial charge < -0.3 is 9.59 Å². The van der Waals surface area contributed by atoms with E-state index in [9.17, 15) is 0 Å². The molecule has 0 aliphatic heterocycles. The average molecular weight is 525 g/mol. The molecule has 0 aliphatic rings. The van der Waals surface area contributed by atoms with Gasteiger partial charge in [0.1, 0.15) is 0 Å². The van der Waals surface area contributed by atoms with Crippen LogP contribution in [-0.4, -0.2) is 42.4 Å². The molecule has 1 N–H and O–H groups in total. The number of rotatable bonds is 32. The number of hydrogen-bond acceptors (Lipinski definition) is 1. The summed E-state index contributed by atoms with van der Waals surface area (Å²) in [4.78, 5) is 0. The van der Waals surface area contributed by atoms with Gasteiger partial charge in [-0.2, -0.15) is 0 Å². The first-order valence-corrected chi connectivity index (χ1v) is 17.7. The van der Waals surface area contributed by atoms with Crippen molar-refractivity contribution in [1.29, 1.82) is 0 Å². The molecule has 0 radical (unpaired) electrons. The van der Waals surface area contributed by atoms with Crippen LogP contribution in [0.1, 0.15) is 194 Å². The maximum Gasteiger partial charge on any atom is 0.0786 e. The Bertz CT molecular complexity index is 369. The maximum absolute atomic E-state index is 8.94. The van der Waals surface area contributed by atoms with Crippen LogP contribution in [0.15, 0.2) is 0 Å². The molecule has 0 heterocycles. The first kappa shape index (κ1) is 36.9. The summed E-state index contributed by atoms with van der Waals surface area (Å²) >= 11 is 0. The van der Waals surface area contributed by atoms with Gasteiger partial charge in [-0.05, 0) is 57.8 Å². The molecule has 2 heteroatoms. The Morgan fingerprint density at radius 3 is 0.757 bits per heavy atom. The van der Waals surface area contributed by atoms with E-state index in [0.29, 0.717) is 6.61 Å². The molecule has 37 heavy (non-hydrogen) atoms. The summed E-state index contributed by atoms with van der Waals surface area (Å²) in [5.41, 5.74) is 0. The zero-order valence-electron chi connectivity index (χ0n) is 26.5. The Morgan fingerprint density at radius 2 is 0.514 bits per heavy atom. The third-order valence-electron chi connectivity index (χ3n) is 8.75. The molecule has 224 valence electrons. The standard InChI is InChI=1S/C35H74NO/c1-4-7-10-13-21-26-31-36(32-27-22-14-11-8-5-2,33-28-23-15-12-9-6-3)34-29-24-19-17-16-18-20-25-30-35-37/h37H,4-35H2,1-3H3/q+1. The number of quaternary nitrogens is 1.